The van der Waals surface area contributed by atoms with E-state index in [9.17, 15) is 0 Å². The number of aryl methyl sites for hydroxylation is 2. The summed E-state index contributed by atoms with van der Waals surface area (Å²) in [4.78, 5) is 8.38. The first-order chi connectivity index (χ1) is 9.81. The number of benzene rings is 2. The smallest absolute Gasteiger partial charge is 0.110 e. The quantitative estimate of drug-likeness (QED) is 0.701. The number of aromatic amines is 1. The normalized spacial score (nSPS) is 18.1. The van der Waals surface area contributed by atoms with Gasteiger partial charge in [0.2, 0.25) is 0 Å². The number of rotatable bonds is 1. The summed E-state index contributed by atoms with van der Waals surface area (Å²) in [5.74, 6) is 1.68. The van der Waals surface area contributed by atoms with Crippen LogP contribution in [0.25, 0.3) is 11.0 Å². The molecule has 100 valence electrons. The predicted octanol–water partition coefficient (Wildman–Crippen LogP) is 4.14. The number of aromatic nitrogens is 2. The van der Waals surface area contributed by atoms with Crippen molar-refractivity contribution in [2.24, 2.45) is 0 Å². The molecule has 2 nitrogen and oxygen atoms in total. The Bertz CT molecular complexity index is 770. The third-order valence-electron chi connectivity index (χ3n) is 4.47. The van der Waals surface area contributed by atoms with E-state index in [4.69, 9.17) is 4.98 Å². The van der Waals surface area contributed by atoms with Gasteiger partial charge >= 0.3 is 0 Å². The summed E-state index contributed by atoms with van der Waals surface area (Å²) in [5.41, 5.74) is 6.54. The first-order valence-electron chi connectivity index (χ1n) is 7.33. The second-order valence-electron chi connectivity index (χ2n) is 5.80. The molecule has 0 saturated heterocycles. The molecular weight excluding hydrogens is 244 g/mol. The molecule has 0 radical (unpaired) electrons. The van der Waals surface area contributed by atoms with Crippen molar-refractivity contribution in [2.75, 3.05) is 0 Å². The fraction of sp³-hybridized carbons (Fsp3) is 0.278. The second-order valence-corrected chi connectivity index (χ2v) is 5.80. The van der Waals surface area contributed by atoms with Crippen LogP contribution in [-0.4, -0.2) is 9.97 Å². The van der Waals surface area contributed by atoms with E-state index in [0.717, 1.165) is 24.2 Å². The molecule has 0 saturated carbocycles. The van der Waals surface area contributed by atoms with Crippen molar-refractivity contribution in [3.05, 3.63) is 65.0 Å². The van der Waals surface area contributed by atoms with Crippen LogP contribution in [0.15, 0.2) is 42.5 Å². The number of hydrogen-bond acceptors (Lipinski definition) is 1. The Kier molecular flexibility index (Phi) is 2.62. The van der Waals surface area contributed by atoms with E-state index in [0.29, 0.717) is 5.92 Å². The number of nitrogens with one attached hydrogen (secondary N) is 1. The lowest BCUT2D eigenvalue weighted by atomic mass is 9.83. The molecule has 1 heterocycles. The zero-order valence-electron chi connectivity index (χ0n) is 11.7. The Morgan fingerprint density at radius 1 is 1.05 bits per heavy atom. The fourth-order valence-corrected chi connectivity index (χ4v) is 3.32. The average Bonchev–Trinajstić information content (AvgIpc) is 2.92. The highest BCUT2D eigenvalue weighted by Crippen LogP contribution is 2.32. The second kappa shape index (κ2) is 4.48. The monoisotopic (exact) mass is 262 g/mol. The van der Waals surface area contributed by atoms with Crippen LogP contribution in [0.2, 0.25) is 0 Å². The molecule has 0 bridgehead atoms. The first kappa shape index (κ1) is 11.7. The van der Waals surface area contributed by atoms with Gasteiger partial charge in [-0.05, 0) is 48.9 Å². The number of H-pyrrole nitrogens is 1. The van der Waals surface area contributed by atoms with Crippen molar-refractivity contribution < 1.29 is 0 Å². The molecule has 2 heteroatoms. The van der Waals surface area contributed by atoms with Gasteiger partial charge in [-0.3, -0.25) is 0 Å². The molecule has 3 aromatic rings. The van der Waals surface area contributed by atoms with Crippen LogP contribution in [0.1, 0.15) is 34.9 Å². The summed E-state index contributed by atoms with van der Waals surface area (Å²) < 4.78 is 0. The van der Waals surface area contributed by atoms with Crippen LogP contribution in [0.3, 0.4) is 0 Å². The highest BCUT2D eigenvalue weighted by molar-refractivity contribution is 5.78. The minimum atomic E-state index is 0.525. The van der Waals surface area contributed by atoms with Crippen molar-refractivity contribution in [3.8, 4) is 0 Å². The summed E-state index contributed by atoms with van der Waals surface area (Å²) >= 11 is 0. The van der Waals surface area contributed by atoms with Crippen molar-refractivity contribution in [1.82, 2.24) is 9.97 Å². The zero-order chi connectivity index (χ0) is 13.5. The van der Waals surface area contributed by atoms with Gasteiger partial charge in [0.25, 0.3) is 0 Å². The molecule has 1 N–H and O–H groups in total. The van der Waals surface area contributed by atoms with Gasteiger partial charge in [-0.25, -0.2) is 4.98 Å². The van der Waals surface area contributed by atoms with Crippen LogP contribution in [0, 0.1) is 6.92 Å². The van der Waals surface area contributed by atoms with Crippen molar-refractivity contribution in [3.63, 3.8) is 0 Å². The minimum absolute atomic E-state index is 0.525. The lowest BCUT2D eigenvalue weighted by Gasteiger charge is -2.22. The third-order valence-corrected chi connectivity index (χ3v) is 4.47. The van der Waals surface area contributed by atoms with Crippen molar-refractivity contribution in [1.29, 1.82) is 0 Å². The fourth-order valence-electron chi connectivity index (χ4n) is 3.32. The molecule has 0 fully saturated rings. The number of nitrogens with zero attached hydrogens (tertiary/aromatic N) is 1. The lowest BCUT2D eigenvalue weighted by Crippen LogP contribution is -2.13. The standard InChI is InChI=1S/C18H18N2/c1-12-5-4-8-16-17(12)20-18(19-16)15-10-9-13-6-2-3-7-14(13)11-15/h2-8,15H,9-11H2,1H3,(H,19,20). The van der Waals surface area contributed by atoms with Crippen LogP contribution in [-0.2, 0) is 12.8 Å². The maximum Gasteiger partial charge on any atom is 0.110 e. The van der Waals surface area contributed by atoms with Crippen LogP contribution in [0.5, 0.6) is 0 Å². The van der Waals surface area contributed by atoms with Crippen molar-refractivity contribution >= 4 is 11.0 Å². The highest BCUT2D eigenvalue weighted by atomic mass is 14.9. The van der Waals surface area contributed by atoms with Gasteiger partial charge in [0.1, 0.15) is 5.82 Å². The summed E-state index contributed by atoms with van der Waals surface area (Å²) in [6.07, 6.45) is 3.46. The number of para-hydroxylation sites is 1. The molecule has 20 heavy (non-hydrogen) atoms. The maximum atomic E-state index is 4.85. The molecule has 0 spiro atoms. The van der Waals surface area contributed by atoms with E-state index in [2.05, 4.69) is 54.4 Å². The van der Waals surface area contributed by atoms with Gasteiger partial charge in [-0.1, -0.05) is 36.4 Å². The van der Waals surface area contributed by atoms with Crippen LogP contribution in [0.4, 0.5) is 0 Å². The Labute approximate surface area is 118 Å². The van der Waals surface area contributed by atoms with E-state index < -0.39 is 0 Å². The number of fused-ring (bicyclic) bond motifs is 2. The Morgan fingerprint density at radius 3 is 2.75 bits per heavy atom. The molecular formula is C18H18N2. The molecule has 0 aliphatic heterocycles. The van der Waals surface area contributed by atoms with Gasteiger partial charge in [0.05, 0.1) is 11.0 Å². The van der Waals surface area contributed by atoms with E-state index in [1.807, 2.05) is 0 Å². The molecule has 1 aliphatic rings. The van der Waals surface area contributed by atoms with Crippen LogP contribution >= 0.6 is 0 Å². The van der Waals surface area contributed by atoms with Gasteiger partial charge in [0.15, 0.2) is 0 Å². The molecule has 1 atom stereocenters. The SMILES string of the molecule is Cc1cccc2[nH]c(C3CCc4ccccc4C3)nc12. The lowest BCUT2D eigenvalue weighted by molar-refractivity contribution is 0.561. The summed E-state index contributed by atoms with van der Waals surface area (Å²) in [6.45, 7) is 2.13. The highest BCUT2D eigenvalue weighted by Gasteiger charge is 2.22. The van der Waals surface area contributed by atoms with E-state index >= 15 is 0 Å². The Hall–Kier alpha value is -2.09. The minimum Gasteiger partial charge on any atom is -0.342 e. The zero-order valence-corrected chi connectivity index (χ0v) is 11.7. The molecule has 1 unspecified atom stereocenters. The third kappa shape index (κ3) is 1.83. The van der Waals surface area contributed by atoms with E-state index in [1.54, 1.807) is 0 Å². The largest absolute Gasteiger partial charge is 0.342 e. The molecule has 4 rings (SSSR count). The summed E-state index contributed by atoms with van der Waals surface area (Å²) in [7, 11) is 0. The summed E-state index contributed by atoms with van der Waals surface area (Å²) in [6, 6.07) is 15.1. The average molecular weight is 262 g/mol. The molecule has 1 aromatic heterocycles. The van der Waals surface area contributed by atoms with Gasteiger partial charge in [-0.15, -0.1) is 0 Å². The number of hydrogen-bond donors (Lipinski definition) is 1. The summed E-state index contributed by atoms with van der Waals surface area (Å²) in [5, 5.41) is 0. The Morgan fingerprint density at radius 2 is 1.90 bits per heavy atom. The number of imidazole rings is 1. The van der Waals surface area contributed by atoms with Gasteiger partial charge in [-0.2, -0.15) is 0 Å². The Balaban J connectivity index is 1.72. The van der Waals surface area contributed by atoms with E-state index in [1.165, 1.54) is 28.6 Å². The van der Waals surface area contributed by atoms with Gasteiger partial charge in [0, 0.05) is 5.92 Å². The van der Waals surface area contributed by atoms with E-state index in [-0.39, 0.29) is 0 Å². The topological polar surface area (TPSA) is 28.7 Å². The molecule has 2 aromatic carbocycles. The maximum absolute atomic E-state index is 4.85. The predicted molar refractivity (Wildman–Crippen MR) is 82.0 cm³/mol. The molecule has 0 amide bonds. The van der Waals surface area contributed by atoms with Crippen LogP contribution < -0.4 is 0 Å². The first-order valence-corrected chi connectivity index (χ1v) is 7.33. The molecule has 1 aliphatic carbocycles. The van der Waals surface area contributed by atoms with Gasteiger partial charge < -0.3 is 4.98 Å². The van der Waals surface area contributed by atoms with Crippen molar-refractivity contribution in [2.45, 2.75) is 32.1 Å².